The lowest BCUT2D eigenvalue weighted by Crippen LogP contribution is -2.33. The molecule has 1 aliphatic heterocycles. The van der Waals surface area contributed by atoms with E-state index < -0.39 is 0 Å². The third-order valence-corrected chi connectivity index (χ3v) is 7.60. The van der Waals surface area contributed by atoms with E-state index in [1.54, 1.807) is 0 Å². The summed E-state index contributed by atoms with van der Waals surface area (Å²) in [7, 11) is 4.16. The van der Waals surface area contributed by atoms with E-state index in [0.717, 1.165) is 85.1 Å². The lowest BCUT2D eigenvalue weighted by molar-refractivity contribution is 0.170. The highest BCUT2D eigenvalue weighted by atomic mass is 16.5. The van der Waals surface area contributed by atoms with Gasteiger partial charge in [-0.15, -0.1) is 0 Å². The topological polar surface area (TPSA) is 62.0 Å². The zero-order valence-corrected chi connectivity index (χ0v) is 21.2. The summed E-state index contributed by atoms with van der Waals surface area (Å²) in [6, 6.07) is 12.5. The van der Waals surface area contributed by atoms with Crippen LogP contribution in [-0.2, 0) is 26.1 Å². The lowest BCUT2D eigenvalue weighted by Gasteiger charge is -2.32. The molecule has 6 heteroatoms. The predicted octanol–water partition coefficient (Wildman–Crippen LogP) is 5.02. The number of rotatable bonds is 11. The molecule has 2 aromatic carbocycles. The number of aliphatic hydroxyl groups is 1. The second kappa shape index (κ2) is 11.1. The van der Waals surface area contributed by atoms with E-state index in [1.807, 2.05) is 12.1 Å². The fourth-order valence-corrected chi connectivity index (χ4v) is 5.25. The molecule has 5 rings (SSSR count). The summed E-state index contributed by atoms with van der Waals surface area (Å²) in [5.41, 5.74) is 5.37. The molecule has 1 saturated heterocycles. The number of ether oxygens (including phenoxy) is 1. The minimum Gasteiger partial charge on any atom is -0.493 e. The summed E-state index contributed by atoms with van der Waals surface area (Å²) in [5, 5.41) is 15.3. The number of hydrogen-bond acceptors (Lipinski definition) is 6. The minimum atomic E-state index is 0.114. The van der Waals surface area contributed by atoms with Gasteiger partial charge in [-0.3, -0.25) is 4.90 Å². The number of hydrogen-bond donors (Lipinski definition) is 1. The van der Waals surface area contributed by atoms with Crippen molar-refractivity contribution in [3.05, 3.63) is 58.8 Å². The number of aliphatic hydroxyl groups excluding tert-OH is 1. The molecule has 0 amide bonds. The van der Waals surface area contributed by atoms with Crippen LogP contribution in [0.25, 0.3) is 11.0 Å². The summed E-state index contributed by atoms with van der Waals surface area (Å²) in [4.78, 5) is 4.68. The summed E-state index contributed by atoms with van der Waals surface area (Å²) in [6.45, 7) is 4.85. The van der Waals surface area contributed by atoms with Crippen LogP contribution in [-0.4, -0.2) is 53.9 Å². The third kappa shape index (κ3) is 6.05. The van der Waals surface area contributed by atoms with Gasteiger partial charge < -0.3 is 19.3 Å². The van der Waals surface area contributed by atoms with Crippen LogP contribution >= 0.6 is 0 Å². The molecule has 0 unspecified atom stereocenters. The number of benzene rings is 2. The van der Waals surface area contributed by atoms with Gasteiger partial charge in [-0.1, -0.05) is 29.4 Å². The molecule has 1 N–H and O–H groups in total. The van der Waals surface area contributed by atoms with Gasteiger partial charge in [-0.25, -0.2) is 0 Å². The van der Waals surface area contributed by atoms with Crippen LogP contribution in [0.4, 0.5) is 0 Å². The molecule has 0 atom stereocenters. The quantitative estimate of drug-likeness (QED) is 0.419. The smallest absolute Gasteiger partial charge is 0.175 e. The van der Waals surface area contributed by atoms with Crippen molar-refractivity contribution >= 4 is 11.0 Å². The van der Waals surface area contributed by atoms with Gasteiger partial charge in [-0.2, -0.15) is 0 Å². The standard InChI is InChI=1S/C29H39N3O3/c1-31(2)18-26-28(34-20-22-7-8-22)12-10-25-27(30-35-29(25)26)11-9-21-13-15-32(16-14-21)17-23-5-3-4-6-24(23)19-33/h3-6,10,12,21-22,33H,7-9,11,13-20H2,1-2H3. The molecule has 2 fully saturated rings. The highest BCUT2D eigenvalue weighted by Crippen LogP contribution is 2.35. The van der Waals surface area contributed by atoms with Gasteiger partial charge in [0, 0.05) is 18.5 Å². The Balaban J connectivity index is 1.19. The van der Waals surface area contributed by atoms with E-state index in [2.05, 4.69) is 53.3 Å². The fourth-order valence-electron chi connectivity index (χ4n) is 5.25. The van der Waals surface area contributed by atoms with Crippen LogP contribution in [0.2, 0.25) is 0 Å². The predicted molar refractivity (Wildman–Crippen MR) is 138 cm³/mol. The van der Waals surface area contributed by atoms with Crippen LogP contribution in [0, 0.1) is 11.8 Å². The summed E-state index contributed by atoms with van der Waals surface area (Å²) >= 11 is 0. The summed E-state index contributed by atoms with van der Waals surface area (Å²) in [6.07, 6.45) is 7.09. The first-order valence-electron chi connectivity index (χ1n) is 13.2. The molecular formula is C29H39N3O3. The first-order valence-corrected chi connectivity index (χ1v) is 13.2. The van der Waals surface area contributed by atoms with Gasteiger partial charge >= 0.3 is 0 Å². The van der Waals surface area contributed by atoms with Crippen molar-refractivity contribution in [2.45, 2.75) is 58.2 Å². The van der Waals surface area contributed by atoms with Crippen molar-refractivity contribution < 1.29 is 14.4 Å². The summed E-state index contributed by atoms with van der Waals surface area (Å²) in [5.74, 6) is 2.38. The van der Waals surface area contributed by atoms with Gasteiger partial charge in [-0.05, 0) is 101 Å². The largest absolute Gasteiger partial charge is 0.493 e. The maximum Gasteiger partial charge on any atom is 0.175 e. The second-order valence-electron chi connectivity index (χ2n) is 10.7. The van der Waals surface area contributed by atoms with E-state index in [1.165, 1.54) is 31.2 Å². The highest BCUT2D eigenvalue weighted by molar-refractivity contribution is 5.84. The molecule has 0 radical (unpaired) electrons. The van der Waals surface area contributed by atoms with Crippen molar-refractivity contribution in [2.75, 3.05) is 33.8 Å². The van der Waals surface area contributed by atoms with Gasteiger partial charge in [0.1, 0.15) is 5.75 Å². The first-order chi connectivity index (χ1) is 17.1. The Morgan fingerprint density at radius 2 is 1.80 bits per heavy atom. The maximum atomic E-state index is 9.61. The SMILES string of the molecule is CN(C)Cc1c(OCC2CC2)ccc2c(CCC3CCN(Cc4ccccc4CO)CC3)noc12. The van der Waals surface area contributed by atoms with E-state index in [-0.39, 0.29) is 6.61 Å². The Bertz CT molecular complexity index is 1110. The molecular weight excluding hydrogens is 438 g/mol. The average molecular weight is 478 g/mol. The molecule has 2 heterocycles. The minimum absolute atomic E-state index is 0.114. The molecule has 1 aliphatic carbocycles. The van der Waals surface area contributed by atoms with E-state index in [9.17, 15) is 5.11 Å². The van der Waals surface area contributed by atoms with E-state index in [4.69, 9.17) is 9.26 Å². The molecule has 188 valence electrons. The van der Waals surface area contributed by atoms with Gasteiger partial charge in [0.25, 0.3) is 0 Å². The van der Waals surface area contributed by atoms with E-state index >= 15 is 0 Å². The van der Waals surface area contributed by atoms with Crippen molar-refractivity contribution in [1.82, 2.24) is 15.0 Å². The maximum absolute atomic E-state index is 9.61. The first kappa shape index (κ1) is 24.3. The Kier molecular flexibility index (Phi) is 7.71. The Labute approximate surface area is 208 Å². The van der Waals surface area contributed by atoms with Crippen molar-refractivity contribution in [1.29, 1.82) is 0 Å². The highest BCUT2D eigenvalue weighted by Gasteiger charge is 2.25. The molecule has 35 heavy (non-hydrogen) atoms. The van der Waals surface area contributed by atoms with Crippen LogP contribution in [0.1, 0.15) is 54.5 Å². The molecule has 1 aromatic heterocycles. The fraction of sp³-hybridized carbons (Fsp3) is 0.552. The zero-order valence-electron chi connectivity index (χ0n) is 21.2. The second-order valence-corrected chi connectivity index (χ2v) is 10.7. The molecule has 0 bridgehead atoms. The molecule has 0 spiro atoms. The molecule has 6 nitrogen and oxygen atoms in total. The molecule has 3 aromatic rings. The van der Waals surface area contributed by atoms with Gasteiger partial charge in [0.15, 0.2) is 5.58 Å². The normalized spacial score (nSPS) is 17.5. The Morgan fingerprint density at radius 3 is 2.51 bits per heavy atom. The third-order valence-electron chi connectivity index (χ3n) is 7.60. The van der Waals surface area contributed by atoms with Crippen molar-refractivity contribution in [3.63, 3.8) is 0 Å². The van der Waals surface area contributed by atoms with Crippen LogP contribution < -0.4 is 4.74 Å². The monoisotopic (exact) mass is 477 g/mol. The van der Waals surface area contributed by atoms with Gasteiger partial charge in [0.05, 0.1) is 24.5 Å². The van der Waals surface area contributed by atoms with Crippen molar-refractivity contribution in [2.24, 2.45) is 11.8 Å². The van der Waals surface area contributed by atoms with Gasteiger partial charge in [0.2, 0.25) is 0 Å². The molecule has 2 aliphatic rings. The average Bonchev–Trinajstić information content (AvgIpc) is 3.61. The number of aromatic nitrogens is 1. The zero-order chi connectivity index (χ0) is 24.2. The summed E-state index contributed by atoms with van der Waals surface area (Å²) < 4.78 is 12.1. The van der Waals surface area contributed by atoms with Crippen LogP contribution in [0.3, 0.4) is 0 Å². The number of nitrogens with zero attached hydrogens (tertiary/aromatic N) is 3. The van der Waals surface area contributed by atoms with Crippen molar-refractivity contribution in [3.8, 4) is 5.75 Å². The Morgan fingerprint density at radius 1 is 1.03 bits per heavy atom. The number of aryl methyl sites for hydroxylation is 1. The number of fused-ring (bicyclic) bond motifs is 1. The molecule has 1 saturated carbocycles. The van der Waals surface area contributed by atoms with Crippen LogP contribution in [0.15, 0.2) is 40.9 Å². The number of piperidine rings is 1. The lowest BCUT2D eigenvalue weighted by atomic mass is 9.90. The van der Waals surface area contributed by atoms with E-state index in [0.29, 0.717) is 5.92 Å². The Hall–Kier alpha value is -2.41. The van der Waals surface area contributed by atoms with Crippen LogP contribution in [0.5, 0.6) is 5.75 Å². The number of likely N-dealkylation sites (tertiary alicyclic amines) is 1.